The Kier molecular flexibility index (Phi) is 6.02. The topological polar surface area (TPSA) is 50.8 Å². The maximum atomic E-state index is 11.8. The average Bonchev–Trinajstić information content (AvgIpc) is 2.99. The van der Waals surface area contributed by atoms with Crippen LogP contribution in [0.1, 0.15) is 45.4 Å². The highest BCUT2D eigenvalue weighted by Crippen LogP contribution is 2.29. The van der Waals surface area contributed by atoms with Gasteiger partial charge in [-0.15, -0.1) is 0 Å². The van der Waals surface area contributed by atoms with Crippen molar-refractivity contribution in [1.82, 2.24) is 10.2 Å². The Bertz CT molecular complexity index is 350. The van der Waals surface area contributed by atoms with Gasteiger partial charge in [0.25, 0.3) is 0 Å². The van der Waals surface area contributed by atoms with Crippen molar-refractivity contribution in [3.05, 3.63) is 0 Å². The SMILES string of the molecule is CNC(C)(CCCCN1CCOC2CCCC21)C(=O)OC. The first kappa shape index (κ1) is 16.7. The zero-order chi connectivity index (χ0) is 15.3. The van der Waals surface area contributed by atoms with E-state index in [4.69, 9.17) is 9.47 Å². The molecule has 1 heterocycles. The van der Waals surface area contributed by atoms with Crippen LogP contribution in [0.15, 0.2) is 0 Å². The molecule has 1 aliphatic heterocycles. The Morgan fingerprint density at radius 3 is 2.95 bits per heavy atom. The quantitative estimate of drug-likeness (QED) is 0.571. The maximum Gasteiger partial charge on any atom is 0.325 e. The molecule has 3 unspecified atom stereocenters. The van der Waals surface area contributed by atoms with Gasteiger partial charge in [0.15, 0.2) is 0 Å². The van der Waals surface area contributed by atoms with Crippen LogP contribution in [0.5, 0.6) is 0 Å². The van der Waals surface area contributed by atoms with Crippen molar-refractivity contribution in [2.24, 2.45) is 0 Å². The van der Waals surface area contributed by atoms with Gasteiger partial charge in [-0.25, -0.2) is 0 Å². The largest absolute Gasteiger partial charge is 0.468 e. The van der Waals surface area contributed by atoms with Crippen molar-refractivity contribution in [2.45, 2.75) is 63.1 Å². The van der Waals surface area contributed by atoms with E-state index >= 15 is 0 Å². The molecule has 2 rings (SSSR count). The molecule has 3 atom stereocenters. The highest BCUT2D eigenvalue weighted by Gasteiger charge is 2.36. The average molecular weight is 298 g/mol. The van der Waals surface area contributed by atoms with Crippen LogP contribution in [-0.2, 0) is 14.3 Å². The molecule has 1 aliphatic carbocycles. The van der Waals surface area contributed by atoms with Crippen LogP contribution >= 0.6 is 0 Å². The fourth-order valence-corrected chi connectivity index (χ4v) is 3.63. The highest BCUT2D eigenvalue weighted by molar-refractivity contribution is 5.80. The lowest BCUT2D eigenvalue weighted by Crippen LogP contribution is -2.49. The third-order valence-corrected chi connectivity index (χ3v) is 5.16. The molecule has 0 radical (unpaired) electrons. The van der Waals surface area contributed by atoms with Gasteiger partial charge in [-0.3, -0.25) is 9.69 Å². The van der Waals surface area contributed by atoms with Gasteiger partial charge in [-0.1, -0.05) is 0 Å². The Morgan fingerprint density at radius 1 is 1.43 bits per heavy atom. The van der Waals surface area contributed by atoms with Crippen molar-refractivity contribution in [1.29, 1.82) is 0 Å². The van der Waals surface area contributed by atoms with Crippen LogP contribution in [0.25, 0.3) is 0 Å². The number of nitrogens with one attached hydrogen (secondary N) is 1. The summed E-state index contributed by atoms with van der Waals surface area (Å²) in [6, 6.07) is 0.634. The number of hydrogen-bond donors (Lipinski definition) is 1. The lowest BCUT2D eigenvalue weighted by Gasteiger charge is -2.37. The Balaban J connectivity index is 1.72. The molecule has 5 nitrogen and oxygen atoms in total. The van der Waals surface area contributed by atoms with Crippen LogP contribution < -0.4 is 5.32 Å². The predicted octanol–water partition coefficient (Wildman–Crippen LogP) is 1.56. The van der Waals surface area contributed by atoms with Crippen molar-refractivity contribution < 1.29 is 14.3 Å². The van der Waals surface area contributed by atoms with E-state index in [0.717, 1.165) is 39.0 Å². The second kappa shape index (κ2) is 7.56. The van der Waals surface area contributed by atoms with E-state index in [1.54, 1.807) is 0 Å². The number of ether oxygens (including phenoxy) is 2. The summed E-state index contributed by atoms with van der Waals surface area (Å²) in [7, 11) is 3.27. The first-order chi connectivity index (χ1) is 10.1. The molecule has 0 aromatic rings. The molecule has 122 valence electrons. The molecule has 21 heavy (non-hydrogen) atoms. The van der Waals surface area contributed by atoms with Crippen molar-refractivity contribution in [3.63, 3.8) is 0 Å². The van der Waals surface area contributed by atoms with Gasteiger partial charge >= 0.3 is 5.97 Å². The molecule has 5 heteroatoms. The number of hydrogen-bond acceptors (Lipinski definition) is 5. The van der Waals surface area contributed by atoms with Crippen molar-refractivity contribution in [2.75, 3.05) is 33.9 Å². The number of morpholine rings is 1. The third-order valence-electron chi connectivity index (χ3n) is 5.16. The number of nitrogens with zero attached hydrogens (tertiary/aromatic N) is 1. The van der Waals surface area contributed by atoms with Crippen LogP contribution in [0, 0.1) is 0 Å². The summed E-state index contributed by atoms with van der Waals surface area (Å²) >= 11 is 0. The van der Waals surface area contributed by atoms with Gasteiger partial charge in [-0.2, -0.15) is 0 Å². The summed E-state index contributed by atoms with van der Waals surface area (Å²) in [6.45, 7) is 4.96. The molecule has 0 aromatic carbocycles. The summed E-state index contributed by atoms with van der Waals surface area (Å²) < 4.78 is 10.7. The maximum absolute atomic E-state index is 11.8. The van der Waals surface area contributed by atoms with E-state index in [1.807, 2.05) is 14.0 Å². The smallest absolute Gasteiger partial charge is 0.325 e. The van der Waals surface area contributed by atoms with Crippen LogP contribution in [-0.4, -0.2) is 62.4 Å². The van der Waals surface area contributed by atoms with Gasteiger partial charge in [0.05, 0.1) is 19.8 Å². The van der Waals surface area contributed by atoms with Gasteiger partial charge < -0.3 is 14.8 Å². The number of likely N-dealkylation sites (N-methyl/N-ethyl adjacent to an activating group) is 1. The number of methoxy groups -OCH3 is 1. The summed E-state index contributed by atoms with van der Waals surface area (Å²) in [4.78, 5) is 14.4. The van der Waals surface area contributed by atoms with E-state index in [2.05, 4.69) is 10.2 Å². The van der Waals surface area contributed by atoms with Crippen LogP contribution in [0.2, 0.25) is 0 Å². The van der Waals surface area contributed by atoms with Crippen LogP contribution in [0.4, 0.5) is 0 Å². The first-order valence-electron chi connectivity index (χ1n) is 8.23. The van der Waals surface area contributed by atoms with E-state index in [1.165, 1.54) is 26.4 Å². The summed E-state index contributed by atoms with van der Waals surface area (Å²) in [5.41, 5.74) is -0.560. The second-order valence-electron chi connectivity index (χ2n) is 6.47. The minimum absolute atomic E-state index is 0.174. The molecule has 1 N–H and O–H groups in total. The van der Waals surface area contributed by atoms with Gasteiger partial charge in [0.2, 0.25) is 0 Å². The molecule has 1 saturated heterocycles. The molecule has 0 bridgehead atoms. The van der Waals surface area contributed by atoms with Gasteiger partial charge in [0, 0.05) is 12.6 Å². The van der Waals surface area contributed by atoms with E-state index in [9.17, 15) is 4.79 Å². The van der Waals surface area contributed by atoms with Gasteiger partial charge in [-0.05, 0) is 59.0 Å². The summed E-state index contributed by atoms with van der Waals surface area (Å²) in [6.07, 6.45) is 7.23. The lowest BCUT2D eigenvalue weighted by atomic mass is 9.95. The molecule has 1 saturated carbocycles. The first-order valence-corrected chi connectivity index (χ1v) is 8.23. The number of esters is 1. The Labute approximate surface area is 128 Å². The highest BCUT2D eigenvalue weighted by atomic mass is 16.5. The fraction of sp³-hybridized carbons (Fsp3) is 0.938. The number of rotatable bonds is 7. The predicted molar refractivity (Wildman–Crippen MR) is 82.3 cm³/mol. The van der Waals surface area contributed by atoms with Crippen molar-refractivity contribution >= 4 is 5.97 Å². The Morgan fingerprint density at radius 2 is 2.24 bits per heavy atom. The minimum atomic E-state index is -0.560. The number of fused-ring (bicyclic) bond motifs is 1. The molecule has 0 amide bonds. The monoisotopic (exact) mass is 298 g/mol. The number of unbranched alkanes of at least 4 members (excludes halogenated alkanes) is 1. The number of carbonyl (C=O) groups excluding carboxylic acids is 1. The fourth-order valence-electron chi connectivity index (χ4n) is 3.63. The normalized spacial score (nSPS) is 28.9. The second-order valence-corrected chi connectivity index (χ2v) is 6.47. The Hall–Kier alpha value is -0.650. The number of carbonyl (C=O) groups is 1. The summed E-state index contributed by atoms with van der Waals surface area (Å²) in [5, 5.41) is 3.10. The van der Waals surface area contributed by atoms with Gasteiger partial charge in [0.1, 0.15) is 5.54 Å². The zero-order valence-electron chi connectivity index (χ0n) is 13.7. The van der Waals surface area contributed by atoms with Crippen molar-refractivity contribution in [3.8, 4) is 0 Å². The molecule has 2 fully saturated rings. The summed E-state index contributed by atoms with van der Waals surface area (Å²) in [5.74, 6) is -0.174. The molecule has 2 aliphatic rings. The zero-order valence-corrected chi connectivity index (χ0v) is 13.7. The lowest BCUT2D eigenvalue weighted by molar-refractivity contribution is -0.148. The molecule has 0 spiro atoms. The standard InChI is InChI=1S/C16H30N2O3/c1-16(17-2,15(19)20-3)9-4-5-10-18-11-12-21-14-8-6-7-13(14)18/h13-14,17H,4-12H2,1-3H3. The molecule has 0 aromatic heterocycles. The van der Waals surface area contributed by atoms with E-state index in [0.29, 0.717) is 12.1 Å². The van der Waals surface area contributed by atoms with Crippen LogP contribution in [0.3, 0.4) is 0 Å². The molecular formula is C16H30N2O3. The minimum Gasteiger partial charge on any atom is -0.468 e. The van der Waals surface area contributed by atoms with E-state index in [-0.39, 0.29) is 5.97 Å². The van der Waals surface area contributed by atoms with E-state index < -0.39 is 5.54 Å². The molecular weight excluding hydrogens is 268 g/mol. The third kappa shape index (κ3) is 3.96.